The number of esters is 2. The van der Waals surface area contributed by atoms with Crippen molar-refractivity contribution in [2.45, 2.75) is 43.9 Å². The lowest BCUT2D eigenvalue weighted by Crippen LogP contribution is -2.26. The number of hydrogen-bond acceptors (Lipinski definition) is 4. The van der Waals surface area contributed by atoms with Gasteiger partial charge in [-0.3, -0.25) is 0 Å². The molecule has 0 saturated heterocycles. The van der Waals surface area contributed by atoms with Crippen LogP contribution >= 0.6 is 0 Å². The summed E-state index contributed by atoms with van der Waals surface area (Å²) in [4.78, 5) is 24.6. The number of hydrogen-bond donors (Lipinski definition) is 0. The summed E-state index contributed by atoms with van der Waals surface area (Å²) in [5.41, 5.74) is 5.87. The Morgan fingerprint density at radius 1 is 0.750 bits per heavy atom. The molecule has 0 atom stereocenters. The maximum absolute atomic E-state index is 12.3. The van der Waals surface area contributed by atoms with Gasteiger partial charge in [-0.2, -0.15) is 0 Å². The minimum Gasteiger partial charge on any atom is -0.424 e. The molecular formula is C16H14O4. The van der Waals surface area contributed by atoms with Crippen molar-refractivity contribution in [2.75, 3.05) is 6.79 Å². The Kier molecular flexibility index (Phi) is 1.87. The predicted molar refractivity (Wildman–Crippen MR) is 68.9 cm³/mol. The fraction of sp³-hybridized carbons (Fsp3) is 0.500. The average Bonchev–Trinajstić information content (AvgIpc) is 3.23. The molecule has 1 aromatic carbocycles. The van der Waals surface area contributed by atoms with Gasteiger partial charge in [-0.15, -0.1) is 0 Å². The molecule has 1 aliphatic heterocycles. The number of rotatable bonds is 0. The highest BCUT2D eigenvalue weighted by molar-refractivity contribution is 6.03. The van der Waals surface area contributed by atoms with Gasteiger partial charge >= 0.3 is 11.9 Å². The number of benzene rings is 1. The van der Waals surface area contributed by atoms with Gasteiger partial charge < -0.3 is 9.47 Å². The Bertz CT molecular complexity index is 623. The van der Waals surface area contributed by atoms with Gasteiger partial charge in [0.15, 0.2) is 0 Å². The van der Waals surface area contributed by atoms with Crippen molar-refractivity contribution >= 4 is 11.9 Å². The third-order valence-corrected chi connectivity index (χ3v) is 5.36. The van der Waals surface area contributed by atoms with E-state index in [0.717, 1.165) is 65.5 Å². The third-order valence-electron chi connectivity index (χ3n) is 5.36. The number of cyclic esters (lactones) is 2. The Labute approximate surface area is 116 Å². The normalized spacial score (nSPS) is 28.8. The van der Waals surface area contributed by atoms with E-state index in [1.54, 1.807) is 0 Å². The fourth-order valence-electron chi connectivity index (χ4n) is 4.47. The van der Waals surface area contributed by atoms with Crippen molar-refractivity contribution in [3.05, 3.63) is 33.4 Å². The summed E-state index contributed by atoms with van der Waals surface area (Å²) >= 11 is 0. The van der Waals surface area contributed by atoms with Crippen LogP contribution in [0.15, 0.2) is 0 Å². The first-order chi connectivity index (χ1) is 9.75. The Balaban J connectivity index is 1.90. The number of carbonyl (C=O) groups is 2. The molecular weight excluding hydrogens is 256 g/mol. The van der Waals surface area contributed by atoms with Crippen LogP contribution in [0.5, 0.6) is 0 Å². The lowest BCUT2D eigenvalue weighted by Gasteiger charge is -2.39. The van der Waals surface area contributed by atoms with Gasteiger partial charge in [0.25, 0.3) is 0 Å². The van der Waals surface area contributed by atoms with Crippen LogP contribution in [0.2, 0.25) is 0 Å². The minimum absolute atomic E-state index is 0.263. The van der Waals surface area contributed by atoms with E-state index >= 15 is 0 Å². The number of carbonyl (C=O) groups excluding carboxylic acids is 2. The van der Waals surface area contributed by atoms with Crippen LogP contribution in [0.4, 0.5) is 0 Å². The Morgan fingerprint density at radius 3 is 1.65 bits per heavy atom. The van der Waals surface area contributed by atoms with Gasteiger partial charge in [-0.05, 0) is 66.2 Å². The molecule has 4 bridgehead atoms. The van der Waals surface area contributed by atoms with E-state index in [0.29, 0.717) is 11.8 Å². The fourth-order valence-corrected chi connectivity index (χ4v) is 4.47. The Morgan fingerprint density at radius 2 is 1.20 bits per heavy atom. The summed E-state index contributed by atoms with van der Waals surface area (Å²) in [6.07, 6.45) is 5.27. The molecule has 1 saturated carbocycles. The standard InChI is InChI=1S/C16H14O4/c17-15-13-9-5-10(9)14(16(18)20-6-19-15)12-8-2-1-7(3-4-8)11(12)13/h7-8H,1-6H2. The Hall–Kier alpha value is -1.84. The van der Waals surface area contributed by atoms with Gasteiger partial charge in [-0.25, -0.2) is 9.59 Å². The van der Waals surface area contributed by atoms with Gasteiger partial charge in [0.05, 0.1) is 11.1 Å². The van der Waals surface area contributed by atoms with E-state index in [-0.39, 0.29) is 18.7 Å². The highest BCUT2D eigenvalue weighted by Gasteiger charge is 2.46. The van der Waals surface area contributed by atoms with Crippen molar-refractivity contribution in [3.8, 4) is 0 Å². The largest absolute Gasteiger partial charge is 0.424 e. The summed E-state index contributed by atoms with van der Waals surface area (Å²) in [6, 6.07) is 0. The molecule has 4 aliphatic carbocycles. The van der Waals surface area contributed by atoms with E-state index in [2.05, 4.69) is 0 Å². The van der Waals surface area contributed by atoms with Crippen LogP contribution in [-0.4, -0.2) is 18.7 Å². The van der Waals surface area contributed by atoms with Crippen LogP contribution in [0.3, 0.4) is 0 Å². The third kappa shape index (κ3) is 1.18. The van der Waals surface area contributed by atoms with Crippen LogP contribution < -0.4 is 0 Å². The molecule has 102 valence electrons. The van der Waals surface area contributed by atoms with Gasteiger partial charge in [0.2, 0.25) is 6.79 Å². The molecule has 0 N–H and O–H groups in total. The predicted octanol–water partition coefficient (Wildman–Crippen LogP) is 2.63. The van der Waals surface area contributed by atoms with E-state index < -0.39 is 0 Å². The second kappa shape index (κ2) is 3.43. The van der Waals surface area contributed by atoms with Gasteiger partial charge in [0, 0.05) is 0 Å². The molecule has 0 unspecified atom stereocenters. The zero-order valence-electron chi connectivity index (χ0n) is 11.0. The average molecular weight is 270 g/mol. The van der Waals surface area contributed by atoms with Crippen LogP contribution in [0.1, 0.15) is 80.5 Å². The molecule has 6 rings (SSSR count). The molecule has 20 heavy (non-hydrogen) atoms. The summed E-state index contributed by atoms with van der Waals surface area (Å²) in [5.74, 6) is 0.244. The molecule has 4 heteroatoms. The minimum atomic E-state index is -0.302. The van der Waals surface area contributed by atoms with Crippen molar-refractivity contribution in [2.24, 2.45) is 0 Å². The number of fused-ring (bicyclic) bond motifs is 2. The first-order valence-electron chi connectivity index (χ1n) is 7.31. The second-order valence-electron chi connectivity index (χ2n) is 6.24. The maximum Gasteiger partial charge on any atom is 0.341 e. The molecule has 1 fully saturated rings. The molecule has 5 aliphatic rings. The van der Waals surface area contributed by atoms with Crippen molar-refractivity contribution < 1.29 is 19.1 Å². The first-order valence-corrected chi connectivity index (χ1v) is 7.31. The van der Waals surface area contributed by atoms with Crippen LogP contribution in [0, 0.1) is 0 Å². The lowest BCUT2D eigenvalue weighted by molar-refractivity contribution is -0.0163. The van der Waals surface area contributed by atoms with Crippen LogP contribution in [0.25, 0.3) is 0 Å². The van der Waals surface area contributed by atoms with Crippen molar-refractivity contribution in [1.29, 1.82) is 0 Å². The summed E-state index contributed by atoms with van der Waals surface area (Å²) < 4.78 is 10.2. The van der Waals surface area contributed by atoms with E-state index in [1.165, 1.54) is 0 Å². The molecule has 4 nitrogen and oxygen atoms in total. The maximum atomic E-state index is 12.3. The quantitative estimate of drug-likeness (QED) is 0.690. The van der Waals surface area contributed by atoms with E-state index in [1.807, 2.05) is 0 Å². The van der Waals surface area contributed by atoms with Gasteiger partial charge in [-0.1, -0.05) is 0 Å². The zero-order chi connectivity index (χ0) is 13.4. The smallest absolute Gasteiger partial charge is 0.341 e. The second-order valence-corrected chi connectivity index (χ2v) is 6.24. The van der Waals surface area contributed by atoms with Crippen LogP contribution in [-0.2, 0) is 15.9 Å². The topological polar surface area (TPSA) is 52.6 Å². The van der Waals surface area contributed by atoms with Crippen molar-refractivity contribution in [3.63, 3.8) is 0 Å². The zero-order valence-corrected chi connectivity index (χ0v) is 11.0. The number of ether oxygens (including phenoxy) is 2. The molecule has 0 spiro atoms. The van der Waals surface area contributed by atoms with E-state index in [9.17, 15) is 9.59 Å². The SMILES string of the molecule is O=C1OCOC(=O)c2c3c(c1c1c2C2CCC1CC2)C3. The molecule has 0 aromatic heterocycles. The molecule has 0 radical (unpaired) electrons. The monoisotopic (exact) mass is 270 g/mol. The molecule has 0 amide bonds. The lowest BCUT2D eigenvalue weighted by atomic mass is 9.64. The molecule has 1 aromatic rings. The highest BCUT2D eigenvalue weighted by Crippen LogP contribution is 2.56. The first kappa shape index (κ1) is 10.9. The summed E-state index contributed by atoms with van der Waals surface area (Å²) in [6.45, 7) is -0.263. The van der Waals surface area contributed by atoms with E-state index in [4.69, 9.17) is 9.47 Å². The summed E-state index contributed by atoms with van der Waals surface area (Å²) in [7, 11) is 0. The highest BCUT2D eigenvalue weighted by atomic mass is 16.7. The molecule has 1 heterocycles. The van der Waals surface area contributed by atoms with Gasteiger partial charge in [0.1, 0.15) is 0 Å². The summed E-state index contributed by atoms with van der Waals surface area (Å²) in [5, 5.41) is 0. The van der Waals surface area contributed by atoms with Crippen molar-refractivity contribution in [1.82, 2.24) is 0 Å².